The molecule has 88 valence electrons. The first-order valence-corrected chi connectivity index (χ1v) is 6.03. The summed E-state index contributed by atoms with van der Waals surface area (Å²) in [5.41, 5.74) is 0. The third kappa shape index (κ3) is 3.49. The van der Waals surface area contributed by atoms with Crippen molar-refractivity contribution in [2.75, 3.05) is 6.61 Å². The molecule has 0 saturated heterocycles. The van der Waals surface area contributed by atoms with Gasteiger partial charge in [0.1, 0.15) is 0 Å². The normalized spacial score (nSPS) is 28.5. The van der Waals surface area contributed by atoms with E-state index in [9.17, 15) is 9.90 Å². The second-order valence-corrected chi connectivity index (χ2v) is 4.34. The van der Waals surface area contributed by atoms with Gasteiger partial charge in [-0.1, -0.05) is 6.92 Å². The van der Waals surface area contributed by atoms with Crippen molar-refractivity contribution >= 4 is 5.97 Å². The number of rotatable bonds is 4. The van der Waals surface area contributed by atoms with E-state index < -0.39 is 0 Å². The van der Waals surface area contributed by atoms with Crippen LogP contribution in [0.25, 0.3) is 0 Å². The van der Waals surface area contributed by atoms with Crippen LogP contribution in [0, 0.1) is 11.8 Å². The maximum Gasteiger partial charge on any atom is 0.309 e. The molecule has 1 atom stereocenters. The molecule has 3 heteroatoms. The average molecular weight is 214 g/mol. The Labute approximate surface area is 91.8 Å². The Hall–Kier alpha value is -0.570. The quantitative estimate of drug-likeness (QED) is 0.729. The Balaban J connectivity index is 2.47. The molecule has 0 aromatic heterocycles. The van der Waals surface area contributed by atoms with Gasteiger partial charge >= 0.3 is 5.97 Å². The first-order valence-electron chi connectivity index (χ1n) is 6.03. The van der Waals surface area contributed by atoms with Gasteiger partial charge in [-0.05, 0) is 44.9 Å². The average Bonchev–Trinajstić information content (AvgIpc) is 2.22. The van der Waals surface area contributed by atoms with Crippen LogP contribution in [0.15, 0.2) is 0 Å². The van der Waals surface area contributed by atoms with Crippen molar-refractivity contribution in [2.24, 2.45) is 11.8 Å². The summed E-state index contributed by atoms with van der Waals surface area (Å²) in [7, 11) is 0. The summed E-state index contributed by atoms with van der Waals surface area (Å²) in [6.45, 7) is 4.34. The Kier molecular flexibility index (Phi) is 5.09. The lowest BCUT2D eigenvalue weighted by molar-refractivity contribution is -0.151. The highest BCUT2D eigenvalue weighted by Gasteiger charge is 2.31. The van der Waals surface area contributed by atoms with Gasteiger partial charge in [0.15, 0.2) is 0 Å². The SMILES string of the molecule is CCOC(=O)[C@H](CC)C1CCC(O)CC1. The molecule has 1 fully saturated rings. The molecule has 15 heavy (non-hydrogen) atoms. The molecule has 1 aliphatic rings. The number of esters is 1. The van der Waals surface area contributed by atoms with Crippen LogP contribution in [0.2, 0.25) is 0 Å². The van der Waals surface area contributed by atoms with Gasteiger partial charge < -0.3 is 9.84 Å². The maximum atomic E-state index is 11.7. The molecule has 0 bridgehead atoms. The molecule has 0 radical (unpaired) electrons. The van der Waals surface area contributed by atoms with E-state index in [0.717, 1.165) is 32.1 Å². The molecule has 1 saturated carbocycles. The Morgan fingerprint density at radius 2 is 1.93 bits per heavy atom. The van der Waals surface area contributed by atoms with Crippen molar-refractivity contribution in [3.05, 3.63) is 0 Å². The second kappa shape index (κ2) is 6.11. The number of aliphatic hydroxyl groups excluding tert-OH is 1. The smallest absolute Gasteiger partial charge is 0.309 e. The lowest BCUT2D eigenvalue weighted by Crippen LogP contribution is -2.30. The molecule has 0 unspecified atom stereocenters. The van der Waals surface area contributed by atoms with Crippen LogP contribution < -0.4 is 0 Å². The molecular formula is C12H22O3. The minimum absolute atomic E-state index is 0.0393. The van der Waals surface area contributed by atoms with E-state index in [1.807, 2.05) is 13.8 Å². The molecule has 0 spiro atoms. The number of carbonyl (C=O) groups is 1. The lowest BCUT2D eigenvalue weighted by Gasteiger charge is -2.30. The lowest BCUT2D eigenvalue weighted by atomic mass is 9.78. The molecule has 0 heterocycles. The van der Waals surface area contributed by atoms with Gasteiger partial charge in [0, 0.05) is 0 Å². The summed E-state index contributed by atoms with van der Waals surface area (Å²) in [6, 6.07) is 0. The van der Waals surface area contributed by atoms with Crippen LogP contribution in [0.4, 0.5) is 0 Å². The van der Waals surface area contributed by atoms with E-state index in [4.69, 9.17) is 4.74 Å². The van der Waals surface area contributed by atoms with Gasteiger partial charge in [-0.15, -0.1) is 0 Å². The third-order valence-corrected chi connectivity index (χ3v) is 3.34. The highest BCUT2D eigenvalue weighted by molar-refractivity contribution is 5.72. The number of hydrogen-bond acceptors (Lipinski definition) is 3. The number of ether oxygens (including phenoxy) is 1. The zero-order valence-corrected chi connectivity index (χ0v) is 9.74. The molecule has 0 aromatic rings. The van der Waals surface area contributed by atoms with Crippen molar-refractivity contribution in [1.82, 2.24) is 0 Å². The van der Waals surface area contributed by atoms with Crippen molar-refractivity contribution < 1.29 is 14.6 Å². The zero-order valence-electron chi connectivity index (χ0n) is 9.74. The number of carbonyl (C=O) groups excluding carboxylic acids is 1. The predicted molar refractivity (Wildman–Crippen MR) is 58.4 cm³/mol. The summed E-state index contributed by atoms with van der Waals surface area (Å²) in [4.78, 5) is 11.7. The largest absolute Gasteiger partial charge is 0.466 e. The summed E-state index contributed by atoms with van der Waals surface area (Å²) >= 11 is 0. The third-order valence-electron chi connectivity index (χ3n) is 3.34. The van der Waals surface area contributed by atoms with E-state index in [1.54, 1.807) is 0 Å². The van der Waals surface area contributed by atoms with Gasteiger partial charge in [-0.25, -0.2) is 0 Å². The van der Waals surface area contributed by atoms with Gasteiger partial charge in [-0.3, -0.25) is 4.79 Å². The van der Waals surface area contributed by atoms with E-state index in [1.165, 1.54) is 0 Å². The van der Waals surface area contributed by atoms with Crippen molar-refractivity contribution in [3.63, 3.8) is 0 Å². The molecule has 3 nitrogen and oxygen atoms in total. The van der Waals surface area contributed by atoms with E-state index >= 15 is 0 Å². The predicted octanol–water partition coefficient (Wildman–Crippen LogP) is 2.13. The monoisotopic (exact) mass is 214 g/mol. The van der Waals surface area contributed by atoms with Gasteiger partial charge in [0.2, 0.25) is 0 Å². The number of aliphatic hydroxyl groups is 1. The molecular weight excluding hydrogens is 192 g/mol. The molecule has 1 N–H and O–H groups in total. The fourth-order valence-corrected chi connectivity index (χ4v) is 2.45. The Bertz CT molecular complexity index is 195. The summed E-state index contributed by atoms with van der Waals surface area (Å²) in [5, 5.41) is 9.41. The molecule has 0 amide bonds. The summed E-state index contributed by atoms with van der Waals surface area (Å²) in [5.74, 6) is 0.399. The summed E-state index contributed by atoms with van der Waals surface area (Å²) < 4.78 is 5.07. The zero-order chi connectivity index (χ0) is 11.3. The first-order chi connectivity index (χ1) is 7.19. The Morgan fingerprint density at radius 1 is 1.33 bits per heavy atom. The van der Waals surface area contributed by atoms with Crippen LogP contribution in [-0.2, 0) is 9.53 Å². The van der Waals surface area contributed by atoms with Gasteiger partial charge in [0.05, 0.1) is 18.6 Å². The Morgan fingerprint density at radius 3 is 2.40 bits per heavy atom. The fourth-order valence-electron chi connectivity index (χ4n) is 2.45. The molecule has 1 aliphatic carbocycles. The first kappa shape index (κ1) is 12.5. The molecule has 0 aromatic carbocycles. The topological polar surface area (TPSA) is 46.5 Å². The van der Waals surface area contributed by atoms with Crippen LogP contribution in [0.5, 0.6) is 0 Å². The highest BCUT2D eigenvalue weighted by atomic mass is 16.5. The fraction of sp³-hybridized carbons (Fsp3) is 0.917. The van der Waals surface area contributed by atoms with Gasteiger partial charge in [0.25, 0.3) is 0 Å². The van der Waals surface area contributed by atoms with Crippen molar-refractivity contribution in [1.29, 1.82) is 0 Å². The molecule has 1 rings (SSSR count). The van der Waals surface area contributed by atoms with Crippen LogP contribution in [-0.4, -0.2) is 23.8 Å². The summed E-state index contributed by atoms with van der Waals surface area (Å²) in [6.07, 6.45) is 4.28. The second-order valence-electron chi connectivity index (χ2n) is 4.34. The van der Waals surface area contributed by atoms with E-state index in [2.05, 4.69) is 0 Å². The van der Waals surface area contributed by atoms with Gasteiger partial charge in [-0.2, -0.15) is 0 Å². The van der Waals surface area contributed by atoms with Crippen molar-refractivity contribution in [3.8, 4) is 0 Å². The minimum Gasteiger partial charge on any atom is -0.466 e. The maximum absolute atomic E-state index is 11.7. The van der Waals surface area contributed by atoms with E-state index in [0.29, 0.717) is 12.5 Å². The van der Waals surface area contributed by atoms with E-state index in [-0.39, 0.29) is 18.0 Å². The highest BCUT2D eigenvalue weighted by Crippen LogP contribution is 2.32. The van der Waals surface area contributed by atoms with Crippen LogP contribution >= 0.6 is 0 Å². The minimum atomic E-state index is -0.152. The van der Waals surface area contributed by atoms with Crippen molar-refractivity contribution in [2.45, 2.75) is 52.1 Å². The van der Waals surface area contributed by atoms with Crippen LogP contribution in [0.1, 0.15) is 46.0 Å². The number of hydrogen-bond donors (Lipinski definition) is 1. The standard InChI is InChI=1S/C12H22O3/c1-3-11(12(14)15-4-2)9-5-7-10(13)8-6-9/h9-11,13H,3-8H2,1-2H3/t9?,10?,11-/m1/s1. The molecule has 0 aliphatic heterocycles. The van der Waals surface area contributed by atoms with Crippen LogP contribution in [0.3, 0.4) is 0 Å².